The lowest BCUT2D eigenvalue weighted by Crippen LogP contribution is -2.17. The number of hydrogen-bond donors (Lipinski definition) is 4. The first-order chi connectivity index (χ1) is 26.2. The van der Waals surface area contributed by atoms with Crippen molar-refractivity contribution in [1.29, 1.82) is 0 Å². The highest BCUT2D eigenvalue weighted by Crippen LogP contribution is 2.40. The van der Waals surface area contributed by atoms with E-state index >= 15 is 0 Å². The average molecular weight is 719 g/mol. The number of amides is 2. The quantitative estimate of drug-likeness (QED) is 0.0606. The Labute approximate surface area is 306 Å². The van der Waals surface area contributed by atoms with Crippen molar-refractivity contribution < 1.29 is 19.4 Å². The first-order valence-corrected chi connectivity index (χ1v) is 16.6. The van der Waals surface area contributed by atoms with Crippen LogP contribution in [0.3, 0.4) is 0 Å². The zero-order valence-electron chi connectivity index (χ0n) is 28.5. The van der Waals surface area contributed by atoms with Crippen molar-refractivity contribution in [2.24, 2.45) is 10.2 Å². The van der Waals surface area contributed by atoms with Crippen LogP contribution in [0.15, 0.2) is 132 Å². The largest absolute Gasteiger partial charge is 0.361 e. The number of nitro benzene ring substituents is 2. The fraction of sp³-hybridized carbons (Fsp3) is 0.0500. The van der Waals surface area contributed by atoms with Gasteiger partial charge in [0.15, 0.2) is 0 Å². The van der Waals surface area contributed by atoms with Gasteiger partial charge in [-0.05, 0) is 72.1 Å². The Morgan fingerprint density at radius 3 is 1.54 bits per heavy atom. The number of hydrazone groups is 2. The molecule has 0 unspecified atom stereocenters. The predicted octanol–water partition coefficient (Wildman–Crippen LogP) is 7.48. The molecule has 0 fully saturated rings. The van der Waals surface area contributed by atoms with E-state index in [1.807, 2.05) is 43.6 Å². The Morgan fingerprint density at radius 1 is 0.648 bits per heavy atom. The molecule has 0 radical (unpaired) electrons. The highest BCUT2D eigenvalue weighted by molar-refractivity contribution is 6.01. The number of carbonyl (C=O) groups is 2. The summed E-state index contributed by atoms with van der Waals surface area (Å²) in [6.45, 7) is 2.00. The standard InChI is InChI=1S/C40H30N8O6/c1-24-10-12-25(13-11-24)38(32-22-41-34-16-14-26(18-30(32)34)39(49)45-43-20-28-6-2-4-8-36(28)47(51)52)33-23-42-35-17-15-27(19-31(33)35)40(50)46-44-21-29-7-3-5-9-37(29)48(53)54/h2-23,38,41-42H,1H3,(H,45,49)(H,46,50)/b43-20+,44-21+. The molecule has 7 rings (SSSR count). The van der Waals surface area contributed by atoms with E-state index in [9.17, 15) is 29.8 Å². The van der Waals surface area contributed by atoms with E-state index in [-0.39, 0.29) is 28.4 Å². The maximum absolute atomic E-state index is 13.3. The molecule has 0 aliphatic carbocycles. The van der Waals surface area contributed by atoms with Crippen LogP contribution in [-0.2, 0) is 0 Å². The average Bonchev–Trinajstić information content (AvgIpc) is 3.80. The zero-order valence-corrected chi connectivity index (χ0v) is 28.5. The summed E-state index contributed by atoms with van der Waals surface area (Å²) in [6.07, 6.45) is 6.26. The van der Waals surface area contributed by atoms with Crippen molar-refractivity contribution in [2.45, 2.75) is 12.8 Å². The van der Waals surface area contributed by atoms with E-state index < -0.39 is 21.7 Å². The van der Waals surface area contributed by atoms with Crippen LogP contribution in [0.25, 0.3) is 21.8 Å². The van der Waals surface area contributed by atoms with Gasteiger partial charge < -0.3 is 9.97 Å². The highest BCUT2D eigenvalue weighted by atomic mass is 16.6. The third-order valence-electron chi connectivity index (χ3n) is 8.99. The van der Waals surface area contributed by atoms with Crippen molar-refractivity contribution in [2.75, 3.05) is 0 Å². The van der Waals surface area contributed by atoms with Gasteiger partial charge in [-0.15, -0.1) is 0 Å². The van der Waals surface area contributed by atoms with Crippen LogP contribution < -0.4 is 10.9 Å². The van der Waals surface area contributed by atoms with E-state index in [0.717, 1.165) is 44.1 Å². The molecule has 266 valence electrons. The summed E-state index contributed by atoms with van der Waals surface area (Å²) in [5.74, 6) is -1.35. The van der Waals surface area contributed by atoms with E-state index in [2.05, 4.69) is 31.0 Å². The Morgan fingerprint density at radius 2 is 1.09 bits per heavy atom. The van der Waals surface area contributed by atoms with Crippen LogP contribution in [0.1, 0.15) is 60.0 Å². The summed E-state index contributed by atoms with van der Waals surface area (Å²) in [5, 5.41) is 32.3. The first-order valence-electron chi connectivity index (χ1n) is 16.6. The van der Waals surface area contributed by atoms with Gasteiger partial charge in [0, 0.05) is 63.4 Å². The molecule has 14 heteroatoms. The minimum absolute atomic E-state index is 0.133. The molecule has 2 amide bonds. The molecule has 0 saturated carbocycles. The van der Waals surface area contributed by atoms with E-state index in [1.54, 1.807) is 60.7 Å². The highest BCUT2D eigenvalue weighted by Gasteiger charge is 2.25. The van der Waals surface area contributed by atoms with Gasteiger partial charge in [-0.1, -0.05) is 54.1 Å². The lowest BCUT2D eigenvalue weighted by molar-refractivity contribution is -0.385. The molecule has 0 atom stereocenters. The van der Waals surface area contributed by atoms with Crippen molar-refractivity contribution in [3.05, 3.63) is 186 Å². The summed E-state index contributed by atoms with van der Waals surface area (Å²) >= 11 is 0. The van der Waals surface area contributed by atoms with Gasteiger partial charge in [-0.3, -0.25) is 29.8 Å². The van der Waals surface area contributed by atoms with Gasteiger partial charge >= 0.3 is 0 Å². The van der Waals surface area contributed by atoms with Crippen LogP contribution in [0.4, 0.5) is 11.4 Å². The number of carbonyl (C=O) groups excluding carboxylic acids is 2. The number of benzene rings is 5. The molecule has 4 N–H and O–H groups in total. The minimum atomic E-state index is -0.517. The van der Waals surface area contributed by atoms with Gasteiger partial charge in [0.05, 0.1) is 33.4 Å². The third-order valence-corrected chi connectivity index (χ3v) is 8.99. The molecule has 54 heavy (non-hydrogen) atoms. The number of aromatic nitrogens is 2. The van der Waals surface area contributed by atoms with Crippen LogP contribution in [-0.4, -0.2) is 44.1 Å². The van der Waals surface area contributed by atoms with Gasteiger partial charge in [0.1, 0.15) is 0 Å². The monoisotopic (exact) mass is 718 g/mol. The molecule has 2 heterocycles. The Bertz CT molecular complexity index is 2480. The number of para-hydroxylation sites is 2. The lowest BCUT2D eigenvalue weighted by atomic mass is 9.84. The number of aromatic amines is 2. The number of rotatable bonds is 11. The number of H-pyrrole nitrogens is 2. The molecular weight excluding hydrogens is 688 g/mol. The molecule has 7 aromatic rings. The summed E-state index contributed by atoms with van der Waals surface area (Å²) in [7, 11) is 0. The number of nitrogens with zero attached hydrogens (tertiary/aromatic N) is 4. The fourth-order valence-electron chi connectivity index (χ4n) is 6.31. The lowest BCUT2D eigenvalue weighted by Gasteiger charge is -2.18. The molecule has 2 aromatic heterocycles. The number of nitro groups is 2. The van der Waals surface area contributed by atoms with Crippen molar-refractivity contribution in [3.63, 3.8) is 0 Å². The second kappa shape index (κ2) is 14.9. The number of hydrogen-bond acceptors (Lipinski definition) is 8. The van der Waals surface area contributed by atoms with E-state index in [4.69, 9.17) is 0 Å². The molecule has 0 aliphatic rings. The van der Waals surface area contributed by atoms with Crippen molar-refractivity contribution >= 4 is 57.4 Å². The molecule has 0 aliphatic heterocycles. The molecule has 14 nitrogen and oxygen atoms in total. The molecular formula is C40H30N8O6. The van der Waals surface area contributed by atoms with Gasteiger partial charge in [-0.25, -0.2) is 10.9 Å². The first kappa shape index (κ1) is 34.7. The van der Waals surface area contributed by atoms with Crippen LogP contribution in [0.5, 0.6) is 0 Å². The second-order valence-electron chi connectivity index (χ2n) is 12.4. The Kier molecular flexibility index (Phi) is 9.54. The molecule has 0 saturated heterocycles. The summed E-state index contributed by atoms with van der Waals surface area (Å²) in [4.78, 5) is 54.9. The number of fused-ring (bicyclic) bond motifs is 2. The fourth-order valence-corrected chi connectivity index (χ4v) is 6.31. The van der Waals surface area contributed by atoms with Crippen molar-refractivity contribution in [1.82, 2.24) is 20.8 Å². The van der Waals surface area contributed by atoms with Gasteiger partial charge in [0.25, 0.3) is 23.2 Å². The number of nitrogens with one attached hydrogen (secondary N) is 4. The van der Waals surface area contributed by atoms with Crippen molar-refractivity contribution in [3.8, 4) is 0 Å². The van der Waals surface area contributed by atoms with Crippen LogP contribution in [0, 0.1) is 27.2 Å². The summed E-state index contributed by atoms with van der Waals surface area (Å²) in [5.41, 5.74) is 11.2. The molecule has 5 aromatic carbocycles. The SMILES string of the molecule is Cc1ccc(C(c2c[nH]c3ccc(C(=O)N/N=C/c4ccccc4[N+](=O)[O-])cc23)c2c[nH]c3ccc(C(=O)N/N=C/c4ccccc4[N+](=O)[O-])cc23)cc1. The van der Waals surface area contributed by atoms with E-state index in [0.29, 0.717) is 11.1 Å². The zero-order chi connectivity index (χ0) is 37.8. The minimum Gasteiger partial charge on any atom is -0.361 e. The summed E-state index contributed by atoms with van der Waals surface area (Å²) in [6, 6.07) is 30.8. The smallest absolute Gasteiger partial charge is 0.278 e. The van der Waals surface area contributed by atoms with Gasteiger partial charge in [-0.2, -0.15) is 10.2 Å². The Balaban J connectivity index is 1.22. The summed E-state index contributed by atoms with van der Waals surface area (Å²) < 4.78 is 0. The van der Waals surface area contributed by atoms with E-state index in [1.165, 1.54) is 36.7 Å². The third kappa shape index (κ3) is 7.07. The van der Waals surface area contributed by atoms with Gasteiger partial charge in [0.2, 0.25) is 0 Å². The number of aryl methyl sites for hydroxylation is 1. The normalized spacial score (nSPS) is 11.5. The second-order valence-corrected chi connectivity index (χ2v) is 12.4. The maximum Gasteiger partial charge on any atom is 0.278 e. The van der Waals surface area contributed by atoms with Crippen LogP contribution >= 0.6 is 0 Å². The Hall–Kier alpha value is -7.74. The van der Waals surface area contributed by atoms with Crippen LogP contribution in [0.2, 0.25) is 0 Å². The predicted molar refractivity (Wildman–Crippen MR) is 205 cm³/mol. The maximum atomic E-state index is 13.3. The molecule has 0 bridgehead atoms. The topological polar surface area (TPSA) is 201 Å². The molecule has 0 spiro atoms.